The quantitative estimate of drug-likeness (QED) is 0.358. The summed E-state index contributed by atoms with van der Waals surface area (Å²) in [6.07, 6.45) is 1.31. The Kier molecular flexibility index (Phi) is 6.29. The van der Waals surface area contributed by atoms with Crippen LogP contribution in [0.5, 0.6) is 11.5 Å². The lowest BCUT2D eigenvalue weighted by molar-refractivity contribution is 0.355. The van der Waals surface area contributed by atoms with Gasteiger partial charge in [-0.1, -0.05) is 6.07 Å². The van der Waals surface area contributed by atoms with Gasteiger partial charge >= 0.3 is 0 Å². The number of halogens is 2. The van der Waals surface area contributed by atoms with Crippen molar-refractivity contribution in [3.05, 3.63) is 66.0 Å². The smallest absolute Gasteiger partial charge is 0.233 e. The molecule has 11 heteroatoms. The predicted molar refractivity (Wildman–Crippen MR) is 119 cm³/mol. The van der Waals surface area contributed by atoms with Gasteiger partial charge in [0.15, 0.2) is 17.3 Å². The number of H-pyrrole nitrogens is 1. The van der Waals surface area contributed by atoms with Crippen LogP contribution in [0.2, 0.25) is 0 Å². The third-order valence-electron chi connectivity index (χ3n) is 4.86. The van der Waals surface area contributed by atoms with Gasteiger partial charge in [-0.05, 0) is 31.2 Å². The van der Waals surface area contributed by atoms with Gasteiger partial charge in [0.05, 0.1) is 26.0 Å². The highest BCUT2D eigenvalue weighted by Crippen LogP contribution is 2.32. The van der Waals surface area contributed by atoms with Crippen molar-refractivity contribution in [2.75, 3.05) is 24.9 Å². The van der Waals surface area contributed by atoms with Gasteiger partial charge in [-0.25, -0.2) is 18.7 Å². The first kappa shape index (κ1) is 21.9. The molecule has 1 unspecified atom stereocenters. The standard InChI is InChI=1S/C22H21F2N7O2/c1-12(15-6-5-14(23)9-16(15)24)27-21-25-11-26-22(29-21)28-20-10-17(30-31-20)13-4-7-18(32-2)19(8-13)33-3/h4-12H,1-3H3,(H3,25,26,27,28,29,30,31). The summed E-state index contributed by atoms with van der Waals surface area (Å²) in [5, 5.41) is 13.1. The zero-order valence-corrected chi connectivity index (χ0v) is 18.1. The van der Waals surface area contributed by atoms with Crippen LogP contribution in [-0.2, 0) is 0 Å². The molecule has 2 heterocycles. The molecule has 9 nitrogen and oxygen atoms in total. The van der Waals surface area contributed by atoms with Crippen LogP contribution in [0.15, 0.2) is 48.8 Å². The zero-order valence-electron chi connectivity index (χ0n) is 18.1. The molecule has 0 radical (unpaired) electrons. The number of nitrogens with zero attached hydrogens (tertiary/aromatic N) is 4. The molecular weight excluding hydrogens is 432 g/mol. The largest absolute Gasteiger partial charge is 0.493 e. The maximum absolute atomic E-state index is 14.0. The van der Waals surface area contributed by atoms with E-state index in [1.54, 1.807) is 33.3 Å². The van der Waals surface area contributed by atoms with E-state index in [2.05, 4.69) is 35.8 Å². The van der Waals surface area contributed by atoms with Crippen molar-refractivity contribution in [3.8, 4) is 22.8 Å². The molecule has 0 bridgehead atoms. The fraction of sp³-hybridized carbons (Fsp3) is 0.182. The van der Waals surface area contributed by atoms with E-state index in [4.69, 9.17) is 9.47 Å². The lowest BCUT2D eigenvalue weighted by Gasteiger charge is -2.15. The van der Waals surface area contributed by atoms with E-state index in [9.17, 15) is 8.78 Å². The first-order valence-electron chi connectivity index (χ1n) is 9.92. The second-order valence-corrected chi connectivity index (χ2v) is 7.03. The van der Waals surface area contributed by atoms with Gasteiger partial charge in [0.1, 0.15) is 18.0 Å². The van der Waals surface area contributed by atoms with Gasteiger partial charge in [0.25, 0.3) is 0 Å². The summed E-state index contributed by atoms with van der Waals surface area (Å²) in [6.45, 7) is 1.72. The Morgan fingerprint density at radius 2 is 1.73 bits per heavy atom. The van der Waals surface area contributed by atoms with Gasteiger partial charge in [-0.3, -0.25) is 5.10 Å². The Morgan fingerprint density at radius 3 is 2.48 bits per heavy atom. The van der Waals surface area contributed by atoms with E-state index in [0.717, 1.165) is 17.3 Å². The number of hydrogen-bond acceptors (Lipinski definition) is 8. The molecule has 170 valence electrons. The topological polar surface area (TPSA) is 110 Å². The van der Waals surface area contributed by atoms with Crippen molar-refractivity contribution < 1.29 is 18.3 Å². The molecule has 0 fully saturated rings. The van der Waals surface area contributed by atoms with E-state index in [1.807, 2.05) is 12.1 Å². The molecule has 2 aromatic carbocycles. The molecule has 1 atom stereocenters. The Balaban J connectivity index is 1.47. The Labute approximate surface area is 188 Å². The molecule has 0 aliphatic heterocycles. The second kappa shape index (κ2) is 9.47. The van der Waals surface area contributed by atoms with E-state index in [0.29, 0.717) is 17.3 Å². The minimum Gasteiger partial charge on any atom is -0.493 e. The van der Waals surface area contributed by atoms with Gasteiger partial charge in [0, 0.05) is 23.3 Å². The summed E-state index contributed by atoms with van der Waals surface area (Å²) in [7, 11) is 3.14. The monoisotopic (exact) mass is 453 g/mol. The normalized spacial score (nSPS) is 11.7. The van der Waals surface area contributed by atoms with Crippen LogP contribution < -0.4 is 20.1 Å². The minimum atomic E-state index is -0.651. The van der Waals surface area contributed by atoms with Crippen LogP contribution >= 0.6 is 0 Å². The van der Waals surface area contributed by atoms with E-state index < -0.39 is 17.7 Å². The number of methoxy groups -OCH3 is 2. The van der Waals surface area contributed by atoms with Crippen molar-refractivity contribution >= 4 is 17.7 Å². The van der Waals surface area contributed by atoms with Crippen LogP contribution in [-0.4, -0.2) is 39.4 Å². The number of anilines is 3. The molecule has 0 aliphatic carbocycles. The Bertz CT molecular complexity index is 1270. The average molecular weight is 453 g/mol. The lowest BCUT2D eigenvalue weighted by atomic mass is 10.1. The molecule has 0 saturated heterocycles. The van der Waals surface area contributed by atoms with E-state index in [-0.39, 0.29) is 17.5 Å². The van der Waals surface area contributed by atoms with Crippen LogP contribution in [0.1, 0.15) is 18.5 Å². The third kappa shape index (κ3) is 4.97. The highest BCUT2D eigenvalue weighted by molar-refractivity contribution is 5.67. The molecule has 0 saturated carbocycles. The molecular formula is C22H21F2N7O2. The molecule has 33 heavy (non-hydrogen) atoms. The van der Waals surface area contributed by atoms with Crippen LogP contribution in [0, 0.1) is 11.6 Å². The first-order chi connectivity index (χ1) is 16.0. The molecule has 3 N–H and O–H groups in total. The summed E-state index contributed by atoms with van der Waals surface area (Å²) in [5.41, 5.74) is 1.88. The Hall–Kier alpha value is -4.28. The zero-order chi connectivity index (χ0) is 23.4. The molecule has 4 aromatic rings. The van der Waals surface area contributed by atoms with Gasteiger partial charge in [0.2, 0.25) is 11.9 Å². The summed E-state index contributed by atoms with van der Waals surface area (Å²) in [4.78, 5) is 12.4. The first-order valence-corrected chi connectivity index (χ1v) is 9.92. The van der Waals surface area contributed by atoms with Crippen LogP contribution in [0.3, 0.4) is 0 Å². The number of ether oxygens (including phenoxy) is 2. The Morgan fingerprint density at radius 1 is 0.939 bits per heavy atom. The van der Waals surface area contributed by atoms with Crippen molar-refractivity contribution in [3.63, 3.8) is 0 Å². The van der Waals surface area contributed by atoms with Gasteiger partial charge in [-0.2, -0.15) is 10.1 Å². The van der Waals surface area contributed by atoms with Crippen LogP contribution in [0.4, 0.5) is 26.5 Å². The summed E-state index contributed by atoms with van der Waals surface area (Å²) in [6, 6.07) is 10.2. The fourth-order valence-corrected chi connectivity index (χ4v) is 3.20. The third-order valence-corrected chi connectivity index (χ3v) is 4.86. The van der Waals surface area contributed by atoms with Crippen molar-refractivity contribution in [2.45, 2.75) is 13.0 Å². The number of aromatic amines is 1. The number of aromatic nitrogens is 5. The molecule has 2 aromatic heterocycles. The molecule has 0 amide bonds. The highest BCUT2D eigenvalue weighted by atomic mass is 19.1. The second-order valence-electron chi connectivity index (χ2n) is 7.03. The molecule has 0 spiro atoms. The van der Waals surface area contributed by atoms with Crippen molar-refractivity contribution in [1.82, 2.24) is 25.1 Å². The number of rotatable bonds is 8. The molecule has 4 rings (SSSR count). The maximum atomic E-state index is 14.0. The SMILES string of the molecule is COc1ccc(-c2cc(Nc3ncnc(NC(C)c4ccc(F)cc4F)n3)n[nH]2)cc1OC. The summed E-state index contributed by atoms with van der Waals surface area (Å²) < 4.78 is 37.8. The average Bonchev–Trinajstić information content (AvgIpc) is 3.27. The number of nitrogens with one attached hydrogen (secondary N) is 3. The van der Waals surface area contributed by atoms with Crippen molar-refractivity contribution in [1.29, 1.82) is 0 Å². The minimum absolute atomic E-state index is 0.222. The van der Waals surface area contributed by atoms with Gasteiger partial charge < -0.3 is 20.1 Å². The lowest BCUT2D eigenvalue weighted by Crippen LogP contribution is -2.12. The maximum Gasteiger partial charge on any atom is 0.233 e. The molecule has 0 aliphatic rings. The van der Waals surface area contributed by atoms with E-state index in [1.165, 1.54) is 18.5 Å². The summed E-state index contributed by atoms with van der Waals surface area (Å²) in [5.74, 6) is 0.875. The predicted octanol–water partition coefficient (Wildman–Crippen LogP) is 4.47. The highest BCUT2D eigenvalue weighted by Gasteiger charge is 2.14. The van der Waals surface area contributed by atoms with Gasteiger partial charge in [-0.15, -0.1) is 0 Å². The number of benzene rings is 2. The fourth-order valence-electron chi connectivity index (χ4n) is 3.20. The van der Waals surface area contributed by atoms with E-state index >= 15 is 0 Å². The van der Waals surface area contributed by atoms with Crippen molar-refractivity contribution in [2.24, 2.45) is 0 Å². The number of hydrogen-bond donors (Lipinski definition) is 3. The van der Waals surface area contributed by atoms with Crippen LogP contribution in [0.25, 0.3) is 11.3 Å². The summed E-state index contributed by atoms with van der Waals surface area (Å²) >= 11 is 0.